The van der Waals surface area contributed by atoms with Crippen LogP contribution in [0, 0.1) is 0 Å². The Balaban J connectivity index is 1.73. The number of nitrogens with one attached hydrogen (secondary N) is 1. The Morgan fingerprint density at radius 2 is 1.52 bits per heavy atom. The molecule has 1 N–H and O–H groups in total. The second-order valence-electron chi connectivity index (χ2n) is 8.33. The summed E-state index contributed by atoms with van der Waals surface area (Å²) < 4.78 is 5.45. The van der Waals surface area contributed by atoms with E-state index in [-0.39, 0.29) is 18.2 Å². The third kappa shape index (κ3) is 6.06. The number of urea groups is 1. The van der Waals surface area contributed by atoms with E-state index in [2.05, 4.69) is 10.2 Å². The minimum absolute atomic E-state index is 0.0446. The monoisotopic (exact) mass is 354 g/mol. The van der Waals surface area contributed by atoms with Gasteiger partial charge in [0.1, 0.15) is 5.60 Å². The van der Waals surface area contributed by atoms with E-state index in [9.17, 15) is 9.59 Å². The molecule has 0 aromatic carbocycles. The SMILES string of the molecule is CC(C)NC(=O)N1CCC(N2CCN(C(=O)OC(C)(C)C)CC2)CC1. The Labute approximate surface area is 151 Å². The smallest absolute Gasteiger partial charge is 0.410 e. The van der Waals surface area contributed by atoms with E-state index in [1.165, 1.54) is 0 Å². The molecule has 0 aromatic rings. The van der Waals surface area contributed by atoms with Gasteiger partial charge in [-0.2, -0.15) is 0 Å². The molecule has 2 heterocycles. The number of piperazine rings is 1. The number of hydrogen-bond donors (Lipinski definition) is 1. The molecule has 2 aliphatic heterocycles. The third-order valence-electron chi connectivity index (χ3n) is 4.65. The Morgan fingerprint density at radius 3 is 2.00 bits per heavy atom. The first-order valence-corrected chi connectivity index (χ1v) is 9.43. The summed E-state index contributed by atoms with van der Waals surface area (Å²) in [5.74, 6) is 0. The van der Waals surface area contributed by atoms with Gasteiger partial charge in [0.15, 0.2) is 0 Å². The highest BCUT2D eigenvalue weighted by molar-refractivity contribution is 5.74. The van der Waals surface area contributed by atoms with Crippen molar-refractivity contribution in [2.45, 2.75) is 65.1 Å². The van der Waals surface area contributed by atoms with Crippen molar-refractivity contribution >= 4 is 12.1 Å². The van der Waals surface area contributed by atoms with E-state index in [4.69, 9.17) is 4.74 Å². The summed E-state index contributed by atoms with van der Waals surface area (Å²) >= 11 is 0. The zero-order valence-electron chi connectivity index (χ0n) is 16.4. The zero-order chi connectivity index (χ0) is 18.6. The van der Waals surface area contributed by atoms with Gasteiger partial charge in [0.05, 0.1) is 0 Å². The Hall–Kier alpha value is -1.50. The van der Waals surface area contributed by atoms with Gasteiger partial charge in [-0.15, -0.1) is 0 Å². The quantitative estimate of drug-likeness (QED) is 0.825. The molecule has 0 unspecified atom stereocenters. The molecular weight excluding hydrogens is 320 g/mol. The van der Waals surface area contributed by atoms with Crippen molar-refractivity contribution in [2.24, 2.45) is 0 Å². The summed E-state index contributed by atoms with van der Waals surface area (Å²) in [6, 6.07) is 0.721. The molecule has 3 amide bonds. The van der Waals surface area contributed by atoms with Gasteiger partial charge >= 0.3 is 12.1 Å². The standard InChI is InChI=1S/C18H34N4O3/c1-14(2)19-16(23)21-8-6-15(7-9-21)20-10-12-22(13-11-20)17(24)25-18(3,4)5/h14-15H,6-13H2,1-5H3,(H,19,23). The summed E-state index contributed by atoms with van der Waals surface area (Å²) in [5.41, 5.74) is -0.447. The highest BCUT2D eigenvalue weighted by Crippen LogP contribution is 2.19. The van der Waals surface area contributed by atoms with E-state index in [0.29, 0.717) is 19.1 Å². The molecule has 7 nitrogen and oxygen atoms in total. The van der Waals surface area contributed by atoms with Crippen LogP contribution in [0.2, 0.25) is 0 Å². The number of rotatable bonds is 2. The van der Waals surface area contributed by atoms with Crippen LogP contribution in [0.15, 0.2) is 0 Å². The molecule has 7 heteroatoms. The number of carbonyl (C=O) groups excluding carboxylic acids is 2. The van der Waals surface area contributed by atoms with Crippen LogP contribution in [0.3, 0.4) is 0 Å². The second kappa shape index (κ2) is 8.25. The first-order chi connectivity index (χ1) is 11.7. The lowest BCUT2D eigenvalue weighted by atomic mass is 10.0. The first kappa shape index (κ1) is 19.8. The Morgan fingerprint density at radius 1 is 0.960 bits per heavy atom. The fraction of sp³-hybridized carbons (Fsp3) is 0.889. The van der Waals surface area contributed by atoms with Crippen LogP contribution in [0.1, 0.15) is 47.5 Å². The molecule has 2 saturated heterocycles. The molecule has 2 rings (SSSR count). The largest absolute Gasteiger partial charge is 0.444 e. The lowest BCUT2D eigenvalue weighted by Gasteiger charge is -2.42. The van der Waals surface area contributed by atoms with Crippen LogP contribution in [-0.2, 0) is 4.74 Å². The van der Waals surface area contributed by atoms with Crippen molar-refractivity contribution < 1.29 is 14.3 Å². The molecule has 0 bridgehead atoms. The van der Waals surface area contributed by atoms with Gasteiger partial charge in [0.2, 0.25) is 0 Å². The van der Waals surface area contributed by atoms with E-state index >= 15 is 0 Å². The molecule has 0 radical (unpaired) electrons. The molecule has 2 fully saturated rings. The van der Waals surface area contributed by atoms with Crippen LogP contribution in [0.4, 0.5) is 9.59 Å². The van der Waals surface area contributed by atoms with Crippen molar-refractivity contribution in [1.29, 1.82) is 0 Å². The molecule has 0 aromatic heterocycles. The fourth-order valence-electron chi connectivity index (χ4n) is 3.37. The second-order valence-corrected chi connectivity index (χ2v) is 8.33. The summed E-state index contributed by atoms with van der Waals surface area (Å²) in [7, 11) is 0. The van der Waals surface area contributed by atoms with Crippen LogP contribution in [0.25, 0.3) is 0 Å². The molecule has 0 aliphatic carbocycles. The first-order valence-electron chi connectivity index (χ1n) is 9.43. The average Bonchev–Trinajstić information content (AvgIpc) is 2.53. The highest BCUT2D eigenvalue weighted by Gasteiger charge is 2.31. The van der Waals surface area contributed by atoms with Crippen LogP contribution < -0.4 is 5.32 Å². The predicted molar refractivity (Wildman–Crippen MR) is 97.6 cm³/mol. The van der Waals surface area contributed by atoms with Gasteiger partial charge < -0.3 is 19.9 Å². The van der Waals surface area contributed by atoms with E-state index in [1.54, 1.807) is 4.90 Å². The predicted octanol–water partition coefficient (Wildman–Crippen LogP) is 2.12. The number of ether oxygens (including phenoxy) is 1. The molecule has 0 atom stereocenters. The molecule has 144 valence electrons. The van der Waals surface area contributed by atoms with Gasteiger partial charge in [-0.05, 0) is 47.5 Å². The number of amides is 3. The summed E-state index contributed by atoms with van der Waals surface area (Å²) in [6.45, 7) is 14.4. The summed E-state index contributed by atoms with van der Waals surface area (Å²) in [6.07, 6.45) is 1.78. The van der Waals surface area contributed by atoms with E-state index < -0.39 is 5.60 Å². The van der Waals surface area contributed by atoms with Crippen molar-refractivity contribution in [3.63, 3.8) is 0 Å². The molecule has 0 spiro atoms. The maximum absolute atomic E-state index is 12.1. The van der Waals surface area contributed by atoms with Crippen molar-refractivity contribution in [1.82, 2.24) is 20.0 Å². The molecule has 0 saturated carbocycles. The summed E-state index contributed by atoms with van der Waals surface area (Å²) in [5, 5.41) is 2.96. The summed E-state index contributed by atoms with van der Waals surface area (Å²) in [4.78, 5) is 30.4. The number of carbonyl (C=O) groups is 2. The minimum atomic E-state index is -0.447. The third-order valence-corrected chi connectivity index (χ3v) is 4.65. The van der Waals surface area contributed by atoms with Gasteiger partial charge in [-0.1, -0.05) is 0 Å². The lowest BCUT2D eigenvalue weighted by molar-refractivity contribution is 0.00668. The van der Waals surface area contributed by atoms with E-state index in [0.717, 1.165) is 39.0 Å². The van der Waals surface area contributed by atoms with Crippen molar-refractivity contribution in [3.8, 4) is 0 Å². The van der Waals surface area contributed by atoms with Gasteiger partial charge in [-0.3, -0.25) is 4.90 Å². The van der Waals surface area contributed by atoms with Gasteiger partial charge in [0.25, 0.3) is 0 Å². The Bertz CT molecular complexity index is 459. The van der Waals surface area contributed by atoms with Gasteiger partial charge in [0, 0.05) is 51.4 Å². The zero-order valence-corrected chi connectivity index (χ0v) is 16.4. The van der Waals surface area contributed by atoms with Crippen molar-refractivity contribution in [2.75, 3.05) is 39.3 Å². The molecule has 25 heavy (non-hydrogen) atoms. The number of nitrogens with zero attached hydrogens (tertiary/aromatic N) is 3. The minimum Gasteiger partial charge on any atom is -0.444 e. The topological polar surface area (TPSA) is 65.1 Å². The Kier molecular flexibility index (Phi) is 6.54. The highest BCUT2D eigenvalue weighted by atomic mass is 16.6. The molecular formula is C18H34N4O3. The van der Waals surface area contributed by atoms with Crippen molar-refractivity contribution in [3.05, 3.63) is 0 Å². The lowest BCUT2D eigenvalue weighted by Crippen LogP contribution is -2.56. The normalized spacial score (nSPS) is 20.7. The fourth-order valence-corrected chi connectivity index (χ4v) is 3.37. The van der Waals surface area contributed by atoms with E-state index in [1.807, 2.05) is 39.5 Å². The van der Waals surface area contributed by atoms with Crippen LogP contribution >= 0.6 is 0 Å². The number of hydrogen-bond acceptors (Lipinski definition) is 4. The van der Waals surface area contributed by atoms with Crippen LogP contribution in [-0.4, -0.2) is 83.8 Å². The maximum Gasteiger partial charge on any atom is 0.410 e. The number of likely N-dealkylation sites (tertiary alicyclic amines) is 1. The van der Waals surface area contributed by atoms with Gasteiger partial charge in [-0.25, -0.2) is 9.59 Å². The average molecular weight is 354 g/mol. The number of piperidine rings is 1. The molecule has 2 aliphatic rings. The maximum atomic E-state index is 12.1. The van der Waals surface area contributed by atoms with Crippen LogP contribution in [0.5, 0.6) is 0 Å².